The van der Waals surface area contributed by atoms with Gasteiger partial charge in [0, 0.05) is 6.42 Å². The van der Waals surface area contributed by atoms with Crippen LogP contribution in [0, 0.1) is 0 Å². The van der Waals surface area contributed by atoms with E-state index >= 15 is 0 Å². The predicted molar refractivity (Wildman–Crippen MR) is 27.2 cm³/mol. The summed E-state index contributed by atoms with van der Waals surface area (Å²) in [5, 5.41) is 17.3. The monoisotopic (exact) mass is 118 g/mol. The predicted octanol–water partition coefficient (Wildman–Crippen LogP) is -0.524. The Kier molecular flexibility index (Phi) is 1.27. The number of aliphatic hydroxyl groups excluding tert-OH is 1. The first-order valence-electron chi connectivity index (χ1n) is 2.65. The number of ether oxygens (including phenoxy) is 1. The Balaban J connectivity index is 2.21. The van der Waals surface area contributed by atoms with Crippen molar-refractivity contribution in [1.82, 2.24) is 0 Å². The van der Waals surface area contributed by atoms with Crippen LogP contribution in [0.25, 0.3) is 0 Å². The Bertz CT molecular complexity index is 81.7. The van der Waals surface area contributed by atoms with E-state index in [2.05, 4.69) is 0 Å². The lowest BCUT2D eigenvalue weighted by Crippen LogP contribution is -2.49. The Morgan fingerprint density at radius 3 is 2.50 bits per heavy atom. The molecule has 2 atom stereocenters. The SMILES string of the molecule is CC1(O)C[C@@H](CO)O1. The Labute approximate surface area is 47.9 Å². The van der Waals surface area contributed by atoms with Crippen molar-refractivity contribution >= 4 is 0 Å². The van der Waals surface area contributed by atoms with Gasteiger partial charge in [-0.3, -0.25) is 0 Å². The van der Waals surface area contributed by atoms with Crippen LogP contribution in [0.3, 0.4) is 0 Å². The molecule has 0 radical (unpaired) electrons. The van der Waals surface area contributed by atoms with Crippen LogP contribution in [0.4, 0.5) is 0 Å². The van der Waals surface area contributed by atoms with Gasteiger partial charge in [0.05, 0.1) is 12.7 Å². The average molecular weight is 118 g/mol. The van der Waals surface area contributed by atoms with Gasteiger partial charge in [-0.2, -0.15) is 0 Å². The summed E-state index contributed by atoms with van der Waals surface area (Å²) >= 11 is 0. The molecular formula is C5H10O3. The summed E-state index contributed by atoms with van der Waals surface area (Å²) in [5.41, 5.74) is 0. The van der Waals surface area contributed by atoms with Gasteiger partial charge in [-0.05, 0) is 6.92 Å². The molecule has 0 aliphatic carbocycles. The van der Waals surface area contributed by atoms with E-state index in [0.717, 1.165) is 0 Å². The first kappa shape index (κ1) is 6.01. The van der Waals surface area contributed by atoms with Crippen molar-refractivity contribution in [2.75, 3.05) is 6.61 Å². The highest BCUT2D eigenvalue weighted by Crippen LogP contribution is 2.28. The van der Waals surface area contributed by atoms with Gasteiger partial charge < -0.3 is 14.9 Å². The molecule has 0 spiro atoms. The lowest BCUT2D eigenvalue weighted by molar-refractivity contribution is -0.315. The molecule has 1 heterocycles. The summed E-state index contributed by atoms with van der Waals surface area (Å²) in [4.78, 5) is 0. The summed E-state index contributed by atoms with van der Waals surface area (Å²) in [5.74, 6) is -0.965. The van der Waals surface area contributed by atoms with Gasteiger partial charge in [0.25, 0.3) is 0 Å². The van der Waals surface area contributed by atoms with Gasteiger partial charge in [-0.15, -0.1) is 0 Å². The molecule has 1 rings (SSSR count). The third-order valence-corrected chi connectivity index (χ3v) is 1.23. The molecule has 0 saturated carbocycles. The molecule has 0 aromatic rings. The van der Waals surface area contributed by atoms with E-state index in [-0.39, 0.29) is 12.7 Å². The normalized spacial score (nSPS) is 46.1. The number of hydrogen-bond donors (Lipinski definition) is 2. The molecule has 0 aromatic carbocycles. The van der Waals surface area contributed by atoms with Crippen LogP contribution in [0.15, 0.2) is 0 Å². The fourth-order valence-electron chi connectivity index (χ4n) is 0.874. The van der Waals surface area contributed by atoms with Crippen LogP contribution in [0.1, 0.15) is 13.3 Å². The van der Waals surface area contributed by atoms with Crippen LogP contribution >= 0.6 is 0 Å². The lowest BCUT2D eigenvalue weighted by atomic mass is 10.0. The number of hydrogen-bond acceptors (Lipinski definition) is 3. The minimum absolute atomic E-state index is 0.0101. The largest absolute Gasteiger partial charge is 0.394 e. The van der Waals surface area contributed by atoms with Crippen molar-refractivity contribution in [2.24, 2.45) is 0 Å². The third-order valence-electron chi connectivity index (χ3n) is 1.23. The second kappa shape index (κ2) is 1.69. The molecular weight excluding hydrogens is 108 g/mol. The fraction of sp³-hybridized carbons (Fsp3) is 1.00. The van der Waals surface area contributed by atoms with E-state index in [1.807, 2.05) is 0 Å². The van der Waals surface area contributed by atoms with E-state index in [0.29, 0.717) is 6.42 Å². The number of rotatable bonds is 1. The van der Waals surface area contributed by atoms with E-state index < -0.39 is 5.79 Å². The standard InChI is InChI=1S/C5H10O3/c1-5(7)2-4(3-6)8-5/h4,6-7H,2-3H2,1H3/t4-,5?/m0/s1. The molecule has 3 heteroatoms. The van der Waals surface area contributed by atoms with Crippen LogP contribution in [0.5, 0.6) is 0 Å². The van der Waals surface area contributed by atoms with Gasteiger partial charge in [0.1, 0.15) is 0 Å². The molecule has 0 bridgehead atoms. The van der Waals surface area contributed by atoms with Crippen molar-refractivity contribution in [1.29, 1.82) is 0 Å². The minimum Gasteiger partial charge on any atom is -0.394 e. The molecule has 1 fully saturated rings. The van der Waals surface area contributed by atoms with Gasteiger partial charge in [-0.1, -0.05) is 0 Å². The molecule has 1 aliphatic heterocycles. The summed E-state index contributed by atoms with van der Waals surface area (Å²) in [6.07, 6.45) is 0.411. The molecule has 1 saturated heterocycles. The van der Waals surface area contributed by atoms with Crippen molar-refractivity contribution in [3.8, 4) is 0 Å². The summed E-state index contributed by atoms with van der Waals surface area (Å²) in [7, 11) is 0. The molecule has 0 aromatic heterocycles. The van der Waals surface area contributed by atoms with Crippen molar-refractivity contribution in [3.05, 3.63) is 0 Å². The van der Waals surface area contributed by atoms with Crippen molar-refractivity contribution in [3.63, 3.8) is 0 Å². The number of aliphatic hydroxyl groups is 2. The zero-order valence-electron chi connectivity index (χ0n) is 4.79. The van der Waals surface area contributed by atoms with Crippen LogP contribution in [-0.4, -0.2) is 28.7 Å². The Morgan fingerprint density at radius 2 is 2.38 bits per heavy atom. The quantitative estimate of drug-likeness (QED) is 0.487. The first-order valence-corrected chi connectivity index (χ1v) is 2.65. The Morgan fingerprint density at radius 1 is 1.88 bits per heavy atom. The smallest absolute Gasteiger partial charge is 0.165 e. The minimum atomic E-state index is -0.965. The van der Waals surface area contributed by atoms with Crippen molar-refractivity contribution in [2.45, 2.75) is 25.2 Å². The zero-order chi connectivity index (χ0) is 6.20. The van der Waals surface area contributed by atoms with Gasteiger partial charge in [0.2, 0.25) is 0 Å². The van der Waals surface area contributed by atoms with E-state index in [9.17, 15) is 0 Å². The summed E-state index contributed by atoms with van der Waals surface area (Å²) < 4.78 is 4.78. The molecule has 48 valence electrons. The molecule has 2 N–H and O–H groups in total. The van der Waals surface area contributed by atoms with Crippen LogP contribution in [-0.2, 0) is 4.74 Å². The van der Waals surface area contributed by atoms with Crippen molar-refractivity contribution < 1.29 is 14.9 Å². The van der Waals surface area contributed by atoms with E-state index in [1.54, 1.807) is 6.92 Å². The first-order chi connectivity index (χ1) is 3.64. The highest BCUT2D eigenvalue weighted by Gasteiger charge is 2.38. The highest BCUT2D eigenvalue weighted by atomic mass is 16.7. The fourth-order valence-corrected chi connectivity index (χ4v) is 0.874. The molecule has 1 unspecified atom stereocenters. The lowest BCUT2D eigenvalue weighted by Gasteiger charge is -2.39. The Hall–Kier alpha value is -0.120. The molecule has 0 amide bonds. The van der Waals surface area contributed by atoms with Crippen LogP contribution in [0.2, 0.25) is 0 Å². The maximum atomic E-state index is 8.88. The van der Waals surface area contributed by atoms with E-state index in [4.69, 9.17) is 14.9 Å². The zero-order valence-corrected chi connectivity index (χ0v) is 4.79. The summed E-state index contributed by atoms with van der Waals surface area (Å²) in [6.45, 7) is 1.59. The summed E-state index contributed by atoms with van der Waals surface area (Å²) in [6, 6.07) is 0. The van der Waals surface area contributed by atoms with Gasteiger partial charge in [-0.25, -0.2) is 0 Å². The average Bonchev–Trinajstić information content (AvgIpc) is 1.60. The van der Waals surface area contributed by atoms with Crippen LogP contribution < -0.4 is 0 Å². The molecule has 8 heavy (non-hydrogen) atoms. The third kappa shape index (κ3) is 0.992. The second-order valence-electron chi connectivity index (χ2n) is 2.30. The van der Waals surface area contributed by atoms with E-state index in [1.165, 1.54) is 0 Å². The highest BCUT2D eigenvalue weighted by molar-refractivity contribution is 4.78. The second-order valence-corrected chi connectivity index (χ2v) is 2.30. The van der Waals surface area contributed by atoms with Gasteiger partial charge >= 0.3 is 0 Å². The maximum absolute atomic E-state index is 8.88. The van der Waals surface area contributed by atoms with Gasteiger partial charge in [0.15, 0.2) is 5.79 Å². The maximum Gasteiger partial charge on any atom is 0.165 e. The molecule has 1 aliphatic rings. The topological polar surface area (TPSA) is 49.7 Å². The molecule has 3 nitrogen and oxygen atoms in total.